The summed E-state index contributed by atoms with van der Waals surface area (Å²) in [5, 5.41) is 8.82. The molecule has 1 aromatic rings. The lowest BCUT2D eigenvalue weighted by Gasteiger charge is -2.09. The van der Waals surface area contributed by atoms with E-state index in [9.17, 15) is 4.79 Å². The first-order valence-corrected chi connectivity index (χ1v) is 5.48. The predicted octanol–water partition coefficient (Wildman–Crippen LogP) is 2.30. The van der Waals surface area contributed by atoms with Crippen molar-refractivity contribution in [3.05, 3.63) is 28.8 Å². The van der Waals surface area contributed by atoms with Crippen molar-refractivity contribution in [2.75, 3.05) is 7.11 Å². The van der Waals surface area contributed by atoms with E-state index in [0.717, 1.165) is 5.56 Å². The number of ether oxygens (including phenoxy) is 1. The lowest BCUT2D eigenvalue weighted by Crippen LogP contribution is -2.07. The smallest absolute Gasteiger partial charge is 0.309 e. The molecule has 0 saturated carbocycles. The third-order valence-corrected chi connectivity index (χ3v) is 2.97. The summed E-state index contributed by atoms with van der Waals surface area (Å²) in [5.74, 6) is -0.135. The first kappa shape index (κ1) is 12.9. The Balaban J connectivity index is 3.17. The molecule has 3 nitrogen and oxygen atoms in total. The van der Waals surface area contributed by atoms with Crippen molar-refractivity contribution in [1.29, 1.82) is 5.26 Å². The molecule has 0 aromatic heterocycles. The third-order valence-electron chi connectivity index (χ3n) is 2.20. The lowest BCUT2D eigenvalue weighted by atomic mass is 10.0. The van der Waals surface area contributed by atoms with Crippen LogP contribution in [0.3, 0.4) is 0 Å². The number of hydrogen-bond donors (Lipinski definition) is 1. The van der Waals surface area contributed by atoms with Crippen LogP contribution < -0.4 is 0 Å². The topological polar surface area (TPSA) is 50.1 Å². The summed E-state index contributed by atoms with van der Waals surface area (Å²) in [4.78, 5) is 11.7. The van der Waals surface area contributed by atoms with Crippen LogP contribution in [0, 0.1) is 11.3 Å². The molecule has 0 atom stereocenters. The van der Waals surface area contributed by atoms with Crippen LogP contribution in [-0.2, 0) is 21.8 Å². The van der Waals surface area contributed by atoms with Gasteiger partial charge in [0, 0.05) is 10.8 Å². The van der Waals surface area contributed by atoms with E-state index in [1.54, 1.807) is 12.1 Å². The number of carbonyl (C=O) groups excluding carboxylic acids is 1. The van der Waals surface area contributed by atoms with Crippen LogP contribution in [0.5, 0.6) is 0 Å². The SMILES string of the molecule is COC(=O)Cc1ccc(C#N)c(S)c1CCl. The van der Waals surface area contributed by atoms with Gasteiger partial charge in [-0.2, -0.15) is 5.26 Å². The molecular weight excluding hydrogens is 246 g/mol. The van der Waals surface area contributed by atoms with E-state index in [4.69, 9.17) is 16.9 Å². The molecule has 0 aliphatic rings. The third kappa shape index (κ3) is 2.69. The molecule has 0 heterocycles. The number of alkyl halides is 1. The molecule has 0 fully saturated rings. The van der Waals surface area contributed by atoms with Crippen molar-refractivity contribution < 1.29 is 9.53 Å². The number of rotatable bonds is 3. The summed E-state index contributed by atoms with van der Waals surface area (Å²) < 4.78 is 4.58. The second kappa shape index (κ2) is 5.78. The molecule has 16 heavy (non-hydrogen) atoms. The number of nitriles is 1. The average molecular weight is 256 g/mol. The quantitative estimate of drug-likeness (QED) is 0.512. The van der Waals surface area contributed by atoms with Gasteiger partial charge in [-0.1, -0.05) is 6.07 Å². The molecule has 1 aromatic carbocycles. The van der Waals surface area contributed by atoms with Crippen molar-refractivity contribution in [2.45, 2.75) is 17.2 Å². The Bertz CT molecular complexity index is 454. The van der Waals surface area contributed by atoms with E-state index in [1.165, 1.54) is 7.11 Å². The highest BCUT2D eigenvalue weighted by Crippen LogP contribution is 2.25. The van der Waals surface area contributed by atoms with Crippen molar-refractivity contribution >= 4 is 30.2 Å². The molecular formula is C11H10ClNO2S. The molecule has 1 rings (SSSR count). The second-order valence-electron chi connectivity index (χ2n) is 3.10. The normalized spacial score (nSPS) is 9.62. The molecule has 0 bridgehead atoms. The maximum Gasteiger partial charge on any atom is 0.309 e. The van der Waals surface area contributed by atoms with Crippen LogP contribution in [0.25, 0.3) is 0 Å². The number of methoxy groups -OCH3 is 1. The lowest BCUT2D eigenvalue weighted by molar-refractivity contribution is -0.139. The Labute approximate surface area is 104 Å². The predicted molar refractivity (Wildman–Crippen MR) is 63.7 cm³/mol. The van der Waals surface area contributed by atoms with Gasteiger partial charge in [-0.3, -0.25) is 4.79 Å². The largest absolute Gasteiger partial charge is 0.469 e. The van der Waals surface area contributed by atoms with Crippen LogP contribution in [-0.4, -0.2) is 13.1 Å². The van der Waals surface area contributed by atoms with Crippen molar-refractivity contribution in [1.82, 2.24) is 0 Å². The van der Waals surface area contributed by atoms with Crippen LogP contribution in [0.4, 0.5) is 0 Å². The Hall–Kier alpha value is -1.18. The number of hydrogen-bond acceptors (Lipinski definition) is 4. The number of nitrogens with zero attached hydrogens (tertiary/aromatic N) is 1. The summed E-state index contributed by atoms with van der Waals surface area (Å²) in [7, 11) is 1.33. The maximum absolute atomic E-state index is 11.2. The highest BCUT2D eigenvalue weighted by Gasteiger charge is 2.12. The van der Waals surface area contributed by atoms with Gasteiger partial charge in [0.05, 0.1) is 19.1 Å². The fourth-order valence-corrected chi connectivity index (χ4v) is 2.06. The monoisotopic (exact) mass is 255 g/mol. The molecule has 5 heteroatoms. The van der Waals surface area contributed by atoms with E-state index in [2.05, 4.69) is 17.4 Å². The van der Waals surface area contributed by atoms with Gasteiger partial charge >= 0.3 is 5.97 Å². The van der Waals surface area contributed by atoms with Crippen molar-refractivity contribution in [3.63, 3.8) is 0 Å². The molecule has 0 aliphatic heterocycles. The van der Waals surface area contributed by atoms with Gasteiger partial charge in [0.15, 0.2) is 0 Å². The highest BCUT2D eigenvalue weighted by molar-refractivity contribution is 7.80. The van der Waals surface area contributed by atoms with Crippen molar-refractivity contribution in [2.24, 2.45) is 0 Å². The van der Waals surface area contributed by atoms with E-state index >= 15 is 0 Å². The molecule has 84 valence electrons. The fraction of sp³-hybridized carbons (Fsp3) is 0.273. The molecule has 0 amide bonds. The minimum Gasteiger partial charge on any atom is -0.469 e. The van der Waals surface area contributed by atoms with Gasteiger partial charge < -0.3 is 4.74 Å². The zero-order valence-corrected chi connectivity index (χ0v) is 10.3. The van der Waals surface area contributed by atoms with Crippen LogP contribution in [0.15, 0.2) is 17.0 Å². The Kier molecular flexibility index (Phi) is 4.66. The maximum atomic E-state index is 11.2. The van der Waals surface area contributed by atoms with Gasteiger partial charge in [0.1, 0.15) is 6.07 Å². The Morgan fingerprint density at radius 1 is 1.62 bits per heavy atom. The number of thiol groups is 1. The van der Waals surface area contributed by atoms with Crippen molar-refractivity contribution in [3.8, 4) is 6.07 Å². The molecule has 0 aliphatic carbocycles. The Morgan fingerprint density at radius 3 is 2.81 bits per heavy atom. The zero-order valence-electron chi connectivity index (χ0n) is 8.66. The van der Waals surface area contributed by atoms with Crippen LogP contribution in [0.1, 0.15) is 16.7 Å². The average Bonchev–Trinajstić information content (AvgIpc) is 2.29. The fourth-order valence-electron chi connectivity index (χ4n) is 1.31. The highest BCUT2D eigenvalue weighted by atomic mass is 35.5. The van der Waals surface area contributed by atoms with Gasteiger partial charge in [-0.25, -0.2) is 0 Å². The van der Waals surface area contributed by atoms with Gasteiger partial charge in [-0.05, 0) is 17.2 Å². The van der Waals surface area contributed by atoms with E-state index in [1.807, 2.05) is 6.07 Å². The molecule has 0 saturated heterocycles. The molecule has 0 N–H and O–H groups in total. The summed E-state index contributed by atoms with van der Waals surface area (Å²) in [6.45, 7) is 0. The first-order chi connectivity index (χ1) is 7.63. The molecule has 0 radical (unpaired) electrons. The number of esters is 1. The summed E-state index contributed by atoms with van der Waals surface area (Å²) in [5.41, 5.74) is 1.90. The van der Waals surface area contributed by atoms with Gasteiger partial charge in [0.2, 0.25) is 0 Å². The van der Waals surface area contributed by atoms with E-state index in [-0.39, 0.29) is 18.3 Å². The first-order valence-electron chi connectivity index (χ1n) is 4.50. The second-order valence-corrected chi connectivity index (χ2v) is 3.81. The van der Waals surface area contributed by atoms with E-state index < -0.39 is 0 Å². The van der Waals surface area contributed by atoms with Gasteiger partial charge in [0.25, 0.3) is 0 Å². The zero-order chi connectivity index (χ0) is 12.1. The van der Waals surface area contributed by atoms with Crippen LogP contribution >= 0.6 is 24.2 Å². The van der Waals surface area contributed by atoms with Gasteiger partial charge in [-0.15, -0.1) is 24.2 Å². The van der Waals surface area contributed by atoms with Crippen LogP contribution in [0.2, 0.25) is 0 Å². The molecule has 0 unspecified atom stereocenters. The Morgan fingerprint density at radius 2 is 2.31 bits per heavy atom. The minimum atomic E-state index is -0.344. The summed E-state index contributed by atoms with van der Waals surface area (Å²) in [6.07, 6.45) is 0.137. The summed E-state index contributed by atoms with van der Waals surface area (Å²) in [6, 6.07) is 5.34. The number of carbonyl (C=O) groups is 1. The van der Waals surface area contributed by atoms with E-state index in [0.29, 0.717) is 16.0 Å². The summed E-state index contributed by atoms with van der Waals surface area (Å²) >= 11 is 10.0. The number of benzene rings is 1. The number of halogens is 1. The minimum absolute atomic E-state index is 0.137. The standard InChI is InChI=1S/C11H10ClNO2S/c1-15-10(14)4-7-2-3-8(6-13)11(16)9(7)5-12/h2-3,16H,4-5H2,1H3. The molecule has 0 spiro atoms.